The first-order valence-electron chi connectivity index (χ1n) is 6.99. The molecule has 3 nitrogen and oxygen atoms in total. The van der Waals surface area contributed by atoms with Gasteiger partial charge in [0.05, 0.1) is 5.60 Å². The van der Waals surface area contributed by atoms with Gasteiger partial charge in [0, 0.05) is 38.6 Å². The quantitative estimate of drug-likeness (QED) is 0.740. The lowest BCUT2D eigenvalue weighted by Crippen LogP contribution is -2.47. The summed E-state index contributed by atoms with van der Waals surface area (Å²) in [6.07, 6.45) is 12.4. The maximum atomic E-state index is 10.4. The predicted molar refractivity (Wildman–Crippen MR) is 69.0 cm³/mol. The van der Waals surface area contributed by atoms with Crippen LogP contribution in [0.4, 0.5) is 0 Å². The van der Waals surface area contributed by atoms with Crippen molar-refractivity contribution in [1.29, 1.82) is 0 Å². The molecule has 0 saturated carbocycles. The number of hydrogen-bond donors (Lipinski definition) is 2. The normalized spacial score (nSPS) is 31.5. The van der Waals surface area contributed by atoms with Crippen LogP contribution < -0.4 is 5.32 Å². The van der Waals surface area contributed by atoms with Gasteiger partial charge in [-0.3, -0.25) is 0 Å². The Morgan fingerprint density at radius 3 is 2.88 bits per heavy atom. The summed E-state index contributed by atoms with van der Waals surface area (Å²) in [6, 6.07) is 0.446. The molecule has 0 bridgehead atoms. The van der Waals surface area contributed by atoms with Gasteiger partial charge in [-0.1, -0.05) is 25.0 Å². The lowest BCUT2D eigenvalue weighted by atomic mass is 9.93. The van der Waals surface area contributed by atoms with Crippen LogP contribution in [0.2, 0.25) is 0 Å². The number of aliphatic hydroxyl groups is 1. The fourth-order valence-electron chi connectivity index (χ4n) is 2.58. The van der Waals surface area contributed by atoms with Crippen molar-refractivity contribution in [3.8, 4) is 0 Å². The van der Waals surface area contributed by atoms with Crippen molar-refractivity contribution in [1.82, 2.24) is 5.32 Å². The molecule has 17 heavy (non-hydrogen) atoms. The highest BCUT2D eigenvalue weighted by atomic mass is 16.5. The maximum Gasteiger partial charge on any atom is 0.0815 e. The van der Waals surface area contributed by atoms with Gasteiger partial charge in [-0.2, -0.15) is 0 Å². The van der Waals surface area contributed by atoms with Crippen LogP contribution >= 0.6 is 0 Å². The molecule has 2 aliphatic rings. The van der Waals surface area contributed by atoms with Crippen molar-refractivity contribution >= 4 is 0 Å². The highest BCUT2D eigenvalue weighted by Gasteiger charge is 2.29. The fraction of sp³-hybridized carbons (Fsp3) is 0.857. The van der Waals surface area contributed by atoms with Gasteiger partial charge in [0.15, 0.2) is 0 Å². The lowest BCUT2D eigenvalue weighted by Gasteiger charge is -2.33. The third kappa shape index (κ3) is 4.41. The van der Waals surface area contributed by atoms with Crippen LogP contribution in [0.25, 0.3) is 0 Å². The molecule has 1 aliphatic carbocycles. The van der Waals surface area contributed by atoms with Crippen LogP contribution in [0.15, 0.2) is 12.2 Å². The van der Waals surface area contributed by atoms with E-state index in [9.17, 15) is 5.11 Å². The molecule has 0 spiro atoms. The first kappa shape index (κ1) is 13.1. The summed E-state index contributed by atoms with van der Waals surface area (Å²) in [5.74, 6) is 0. The Morgan fingerprint density at radius 2 is 2.06 bits per heavy atom. The summed E-state index contributed by atoms with van der Waals surface area (Å²) >= 11 is 0. The van der Waals surface area contributed by atoms with Crippen molar-refractivity contribution in [2.75, 3.05) is 19.8 Å². The number of hydrogen-bond acceptors (Lipinski definition) is 3. The largest absolute Gasteiger partial charge is 0.388 e. The van der Waals surface area contributed by atoms with Crippen LogP contribution in [0.1, 0.15) is 44.9 Å². The van der Waals surface area contributed by atoms with E-state index in [1.807, 2.05) is 0 Å². The Morgan fingerprint density at radius 1 is 1.24 bits per heavy atom. The van der Waals surface area contributed by atoms with Crippen molar-refractivity contribution in [3.05, 3.63) is 12.2 Å². The molecule has 1 heterocycles. The van der Waals surface area contributed by atoms with Crippen LogP contribution in [0.3, 0.4) is 0 Å². The molecule has 1 unspecified atom stereocenters. The topological polar surface area (TPSA) is 41.5 Å². The molecule has 1 fully saturated rings. The number of rotatable bonds is 3. The number of ether oxygens (including phenoxy) is 1. The summed E-state index contributed by atoms with van der Waals surface area (Å²) in [5.41, 5.74) is -0.547. The number of allylic oxidation sites excluding steroid dienone is 1. The Balaban J connectivity index is 1.77. The third-order valence-corrected chi connectivity index (χ3v) is 3.87. The van der Waals surface area contributed by atoms with Crippen molar-refractivity contribution in [2.45, 2.75) is 56.6 Å². The standard InChI is InChI=1S/C14H25NO2/c16-14(8-10-17-11-9-14)12-15-13-6-4-2-1-3-5-7-13/h4,6,13,15-16H,1-3,5,7-12H2/b6-4+. The first-order chi connectivity index (χ1) is 8.29. The molecule has 1 saturated heterocycles. The zero-order valence-electron chi connectivity index (χ0n) is 10.7. The summed E-state index contributed by atoms with van der Waals surface area (Å²) < 4.78 is 5.29. The van der Waals surface area contributed by atoms with Gasteiger partial charge in [0.25, 0.3) is 0 Å². The Bertz CT molecular complexity index is 247. The zero-order chi connectivity index (χ0) is 12.0. The average Bonchev–Trinajstić information content (AvgIpc) is 2.28. The maximum absolute atomic E-state index is 10.4. The van der Waals surface area contributed by atoms with E-state index in [4.69, 9.17) is 4.74 Å². The molecule has 98 valence electrons. The molecule has 1 atom stereocenters. The van der Waals surface area contributed by atoms with Gasteiger partial charge < -0.3 is 15.2 Å². The van der Waals surface area contributed by atoms with Gasteiger partial charge in [0.1, 0.15) is 0 Å². The van der Waals surface area contributed by atoms with E-state index in [1.165, 1.54) is 32.1 Å². The van der Waals surface area contributed by atoms with Crippen LogP contribution in [0.5, 0.6) is 0 Å². The highest BCUT2D eigenvalue weighted by molar-refractivity contribution is 4.96. The van der Waals surface area contributed by atoms with Crippen LogP contribution in [-0.4, -0.2) is 36.5 Å². The minimum atomic E-state index is -0.547. The van der Waals surface area contributed by atoms with E-state index >= 15 is 0 Å². The molecular formula is C14H25NO2. The van der Waals surface area contributed by atoms with Crippen molar-refractivity contribution < 1.29 is 9.84 Å². The fourth-order valence-corrected chi connectivity index (χ4v) is 2.58. The Hall–Kier alpha value is -0.380. The molecule has 0 radical (unpaired) electrons. The van der Waals surface area contributed by atoms with E-state index in [0.29, 0.717) is 25.8 Å². The second-order valence-corrected chi connectivity index (χ2v) is 5.39. The van der Waals surface area contributed by atoms with Gasteiger partial charge in [-0.25, -0.2) is 0 Å². The molecule has 2 rings (SSSR count). The molecule has 0 amide bonds. The molecule has 3 heteroatoms. The lowest BCUT2D eigenvalue weighted by molar-refractivity contribution is -0.0623. The van der Waals surface area contributed by atoms with Crippen molar-refractivity contribution in [3.63, 3.8) is 0 Å². The molecule has 0 aromatic rings. The monoisotopic (exact) mass is 239 g/mol. The summed E-state index contributed by atoms with van der Waals surface area (Å²) in [5, 5.41) is 13.9. The van der Waals surface area contributed by atoms with Gasteiger partial charge >= 0.3 is 0 Å². The van der Waals surface area contributed by atoms with Crippen LogP contribution in [-0.2, 0) is 4.74 Å². The molecule has 1 aliphatic heterocycles. The summed E-state index contributed by atoms with van der Waals surface area (Å²) in [4.78, 5) is 0. The third-order valence-electron chi connectivity index (χ3n) is 3.87. The van der Waals surface area contributed by atoms with E-state index < -0.39 is 5.60 Å². The number of nitrogens with one attached hydrogen (secondary N) is 1. The summed E-state index contributed by atoms with van der Waals surface area (Å²) in [7, 11) is 0. The predicted octanol–water partition coefficient (Wildman–Crippen LogP) is 2.01. The van der Waals surface area contributed by atoms with E-state index in [-0.39, 0.29) is 0 Å². The van der Waals surface area contributed by atoms with E-state index in [0.717, 1.165) is 12.8 Å². The average molecular weight is 239 g/mol. The molecular weight excluding hydrogens is 214 g/mol. The molecule has 0 aromatic carbocycles. The zero-order valence-corrected chi connectivity index (χ0v) is 10.7. The smallest absolute Gasteiger partial charge is 0.0815 e. The van der Waals surface area contributed by atoms with Gasteiger partial charge in [-0.15, -0.1) is 0 Å². The Labute approximate surface area is 104 Å². The van der Waals surface area contributed by atoms with E-state index in [2.05, 4.69) is 17.5 Å². The highest BCUT2D eigenvalue weighted by Crippen LogP contribution is 2.20. The molecule has 2 N–H and O–H groups in total. The first-order valence-corrected chi connectivity index (χ1v) is 6.99. The minimum Gasteiger partial charge on any atom is -0.388 e. The second-order valence-electron chi connectivity index (χ2n) is 5.39. The molecule has 0 aromatic heterocycles. The second kappa shape index (κ2) is 6.53. The van der Waals surface area contributed by atoms with Crippen LogP contribution in [0, 0.1) is 0 Å². The Kier molecular flexibility index (Phi) is 5.01. The van der Waals surface area contributed by atoms with Crippen molar-refractivity contribution in [2.24, 2.45) is 0 Å². The SMILES string of the molecule is OC1(CNC2/C=C/CCCCC2)CCOCC1. The van der Waals surface area contributed by atoms with Gasteiger partial charge in [-0.05, 0) is 19.3 Å². The minimum absolute atomic E-state index is 0.446. The summed E-state index contributed by atoms with van der Waals surface area (Å²) in [6.45, 7) is 2.09. The van der Waals surface area contributed by atoms with Gasteiger partial charge in [0.2, 0.25) is 0 Å². The van der Waals surface area contributed by atoms with E-state index in [1.54, 1.807) is 0 Å².